The molecule has 0 fully saturated rings. The summed E-state index contributed by atoms with van der Waals surface area (Å²) < 4.78 is 11.0. The van der Waals surface area contributed by atoms with Gasteiger partial charge in [0.15, 0.2) is 0 Å². The summed E-state index contributed by atoms with van der Waals surface area (Å²) in [5.74, 6) is -2.21. The van der Waals surface area contributed by atoms with Crippen LogP contribution >= 0.6 is 12.4 Å². The van der Waals surface area contributed by atoms with E-state index < -0.39 is 11.9 Å². The minimum atomic E-state index is -1.17. The van der Waals surface area contributed by atoms with Crippen LogP contribution in [0.15, 0.2) is 12.1 Å². The van der Waals surface area contributed by atoms with Gasteiger partial charge in [0.05, 0.1) is 13.2 Å². The highest BCUT2D eigenvalue weighted by molar-refractivity contribution is 5.97. The number of rotatable bonds is 12. The lowest BCUT2D eigenvalue weighted by molar-refractivity contribution is 0.0672. The number of halogens is 1. The number of hydrogen-bond acceptors (Lipinski definition) is 4. The van der Waals surface area contributed by atoms with Crippen molar-refractivity contribution < 1.29 is 29.3 Å². The fraction of sp³-hybridized carbons (Fsp3) is 0.556. The van der Waals surface area contributed by atoms with E-state index in [2.05, 4.69) is 13.8 Å². The van der Waals surface area contributed by atoms with Gasteiger partial charge in [-0.25, -0.2) is 9.59 Å². The zero-order valence-electron chi connectivity index (χ0n) is 14.7. The summed E-state index contributed by atoms with van der Waals surface area (Å²) in [6.07, 6.45) is 5.53. The summed E-state index contributed by atoms with van der Waals surface area (Å²) in [4.78, 5) is 22.9. The van der Waals surface area contributed by atoms with Gasteiger partial charge in [-0.3, -0.25) is 0 Å². The number of carboxylic acid groups (broad SMARTS) is 2. The van der Waals surface area contributed by atoms with Gasteiger partial charge in [-0.1, -0.05) is 39.5 Å². The molecule has 1 rings (SSSR count). The molecular formula is C18H27ClO6. The summed E-state index contributed by atoms with van der Waals surface area (Å²) in [7, 11) is 0. The maximum absolute atomic E-state index is 11.4. The van der Waals surface area contributed by atoms with Crippen molar-refractivity contribution in [1.29, 1.82) is 0 Å². The predicted molar refractivity (Wildman–Crippen MR) is 97.6 cm³/mol. The minimum Gasteiger partial charge on any atom is -0.493 e. The number of aromatic carboxylic acids is 2. The van der Waals surface area contributed by atoms with Crippen molar-refractivity contribution in [1.82, 2.24) is 0 Å². The van der Waals surface area contributed by atoms with E-state index in [1.165, 1.54) is 12.1 Å². The lowest BCUT2D eigenvalue weighted by atomic mass is 10.1. The molecule has 0 aliphatic carbocycles. The van der Waals surface area contributed by atoms with Crippen molar-refractivity contribution in [2.45, 2.75) is 52.4 Å². The number of carboxylic acids is 2. The average Bonchev–Trinajstić information content (AvgIpc) is 2.55. The molecule has 0 saturated carbocycles. The van der Waals surface area contributed by atoms with Crippen LogP contribution < -0.4 is 9.47 Å². The topological polar surface area (TPSA) is 93.1 Å². The van der Waals surface area contributed by atoms with E-state index in [1.54, 1.807) is 0 Å². The SMILES string of the molecule is CCCCCOc1cc(C(=O)O)c(OCCCCC)cc1C(=O)O.Cl. The van der Waals surface area contributed by atoms with Gasteiger partial charge in [0.25, 0.3) is 0 Å². The molecule has 0 aliphatic heterocycles. The molecule has 0 aromatic heterocycles. The Hall–Kier alpha value is -1.95. The van der Waals surface area contributed by atoms with Gasteiger partial charge in [0.1, 0.15) is 22.6 Å². The summed E-state index contributed by atoms with van der Waals surface area (Å²) >= 11 is 0. The maximum atomic E-state index is 11.4. The Balaban J connectivity index is 0.00000576. The van der Waals surface area contributed by atoms with E-state index in [-0.39, 0.29) is 35.0 Å². The maximum Gasteiger partial charge on any atom is 0.339 e. The van der Waals surface area contributed by atoms with Crippen LogP contribution in [0.2, 0.25) is 0 Å². The van der Waals surface area contributed by atoms with E-state index in [1.807, 2.05) is 0 Å². The average molecular weight is 375 g/mol. The molecule has 6 nitrogen and oxygen atoms in total. The van der Waals surface area contributed by atoms with Crippen LogP contribution in [-0.4, -0.2) is 35.4 Å². The zero-order valence-corrected chi connectivity index (χ0v) is 15.6. The number of benzene rings is 1. The molecule has 0 amide bonds. The molecule has 0 saturated heterocycles. The van der Waals surface area contributed by atoms with Gasteiger partial charge < -0.3 is 19.7 Å². The second-order valence-electron chi connectivity index (χ2n) is 5.57. The Morgan fingerprint density at radius 1 is 0.800 bits per heavy atom. The zero-order chi connectivity index (χ0) is 17.9. The molecule has 2 N–H and O–H groups in total. The van der Waals surface area contributed by atoms with Gasteiger partial charge in [-0.2, -0.15) is 0 Å². The standard InChI is InChI=1S/C18H26O6.ClH/c1-3-5-7-9-23-15-11-14(18(21)22)16(12-13(15)17(19)20)24-10-8-6-4-2;/h11-12H,3-10H2,1-2H3,(H,19,20)(H,21,22);1H. The Kier molecular flexibility index (Phi) is 11.4. The molecule has 0 unspecified atom stereocenters. The van der Waals surface area contributed by atoms with E-state index in [9.17, 15) is 19.8 Å². The normalized spacial score (nSPS) is 10.0. The monoisotopic (exact) mass is 374 g/mol. The summed E-state index contributed by atoms with van der Waals surface area (Å²) in [5, 5.41) is 18.7. The number of unbranched alkanes of at least 4 members (excludes halogenated alkanes) is 4. The first kappa shape index (κ1) is 23.1. The third-order valence-corrected chi connectivity index (χ3v) is 3.55. The number of ether oxygens (including phenoxy) is 2. The molecule has 0 bridgehead atoms. The van der Waals surface area contributed by atoms with Gasteiger partial charge in [-0.15, -0.1) is 12.4 Å². The predicted octanol–water partition coefficient (Wildman–Crippen LogP) is 4.64. The Morgan fingerprint density at radius 2 is 1.16 bits per heavy atom. The Labute approximate surface area is 154 Å². The van der Waals surface area contributed by atoms with Crippen LogP contribution in [0.3, 0.4) is 0 Å². The van der Waals surface area contributed by atoms with Crippen LogP contribution in [0.5, 0.6) is 11.5 Å². The van der Waals surface area contributed by atoms with Crippen LogP contribution in [0.1, 0.15) is 73.1 Å². The molecule has 0 spiro atoms. The van der Waals surface area contributed by atoms with E-state index >= 15 is 0 Å². The molecule has 1 aromatic rings. The first-order chi connectivity index (χ1) is 11.5. The molecule has 1 aromatic carbocycles. The highest BCUT2D eigenvalue weighted by Crippen LogP contribution is 2.30. The van der Waals surface area contributed by atoms with Crippen molar-refractivity contribution in [3.05, 3.63) is 23.3 Å². The third-order valence-electron chi connectivity index (χ3n) is 3.55. The summed E-state index contributed by atoms with van der Waals surface area (Å²) in [6.45, 7) is 4.81. The van der Waals surface area contributed by atoms with Gasteiger partial charge >= 0.3 is 11.9 Å². The fourth-order valence-electron chi connectivity index (χ4n) is 2.20. The first-order valence-corrected chi connectivity index (χ1v) is 8.41. The van der Waals surface area contributed by atoms with E-state index in [0.29, 0.717) is 13.2 Å². The molecule has 0 heterocycles. The van der Waals surface area contributed by atoms with Gasteiger partial charge in [0.2, 0.25) is 0 Å². The Morgan fingerprint density at radius 3 is 1.44 bits per heavy atom. The van der Waals surface area contributed by atoms with Gasteiger partial charge in [0, 0.05) is 0 Å². The molecular weight excluding hydrogens is 348 g/mol. The smallest absolute Gasteiger partial charge is 0.339 e. The lowest BCUT2D eigenvalue weighted by Gasteiger charge is -2.14. The second-order valence-corrected chi connectivity index (χ2v) is 5.57. The highest BCUT2D eigenvalue weighted by atomic mass is 35.5. The quantitative estimate of drug-likeness (QED) is 0.517. The fourth-order valence-corrected chi connectivity index (χ4v) is 2.20. The van der Waals surface area contributed by atoms with Crippen molar-refractivity contribution >= 4 is 24.3 Å². The molecule has 25 heavy (non-hydrogen) atoms. The number of hydrogen-bond donors (Lipinski definition) is 2. The van der Waals surface area contributed by atoms with E-state index in [0.717, 1.165) is 38.5 Å². The molecule has 0 radical (unpaired) electrons. The number of carbonyl (C=O) groups is 2. The van der Waals surface area contributed by atoms with Crippen LogP contribution in [0.25, 0.3) is 0 Å². The second kappa shape index (κ2) is 12.4. The molecule has 142 valence electrons. The van der Waals surface area contributed by atoms with Crippen molar-refractivity contribution in [2.75, 3.05) is 13.2 Å². The third kappa shape index (κ3) is 7.65. The highest BCUT2D eigenvalue weighted by Gasteiger charge is 2.20. The molecule has 0 atom stereocenters. The largest absolute Gasteiger partial charge is 0.493 e. The van der Waals surface area contributed by atoms with Gasteiger partial charge in [-0.05, 0) is 25.0 Å². The molecule has 7 heteroatoms. The Bertz CT molecular complexity index is 509. The van der Waals surface area contributed by atoms with Crippen molar-refractivity contribution in [2.24, 2.45) is 0 Å². The summed E-state index contributed by atoms with van der Waals surface area (Å²) in [6, 6.07) is 2.49. The van der Waals surface area contributed by atoms with E-state index in [4.69, 9.17) is 9.47 Å². The van der Waals surface area contributed by atoms with Crippen LogP contribution in [-0.2, 0) is 0 Å². The minimum absolute atomic E-state index is 0. The summed E-state index contributed by atoms with van der Waals surface area (Å²) in [5.41, 5.74) is -0.163. The van der Waals surface area contributed by atoms with Crippen molar-refractivity contribution in [3.63, 3.8) is 0 Å². The molecule has 0 aliphatic rings. The van der Waals surface area contributed by atoms with Crippen LogP contribution in [0, 0.1) is 0 Å². The van der Waals surface area contributed by atoms with Crippen LogP contribution in [0.4, 0.5) is 0 Å². The first-order valence-electron chi connectivity index (χ1n) is 8.41. The van der Waals surface area contributed by atoms with Crippen molar-refractivity contribution in [3.8, 4) is 11.5 Å². The lowest BCUT2D eigenvalue weighted by Crippen LogP contribution is -2.10.